The van der Waals surface area contributed by atoms with E-state index in [0.29, 0.717) is 12.0 Å². The van der Waals surface area contributed by atoms with Crippen LogP contribution >= 0.6 is 15.9 Å². The highest BCUT2D eigenvalue weighted by atomic mass is 79.9. The molecule has 4 heteroatoms. The number of rotatable bonds is 3. The second-order valence-corrected chi connectivity index (χ2v) is 5.39. The van der Waals surface area contributed by atoms with Crippen LogP contribution in [0.3, 0.4) is 0 Å². The van der Waals surface area contributed by atoms with Gasteiger partial charge in [0.05, 0.1) is 5.60 Å². The van der Waals surface area contributed by atoms with Crippen LogP contribution in [0.1, 0.15) is 18.1 Å². The Morgan fingerprint density at radius 1 is 1.33 bits per heavy atom. The van der Waals surface area contributed by atoms with Crippen LogP contribution in [0.5, 0.6) is 0 Å². The molecule has 0 radical (unpaired) electrons. The van der Waals surface area contributed by atoms with Crippen LogP contribution < -0.4 is 0 Å². The van der Waals surface area contributed by atoms with Crippen LogP contribution in [0.25, 0.3) is 0 Å². The Morgan fingerprint density at radius 3 is 2.78 bits per heavy atom. The monoisotopic (exact) mass is 309 g/mol. The molecular formula is C14H13BrFNO. The van der Waals surface area contributed by atoms with Crippen LogP contribution in [0, 0.1) is 5.82 Å². The van der Waals surface area contributed by atoms with E-state index in [0.717, 1.165) is 10.0 Å². The van der Waals surface area contributed by atoms with Gasteiger partial charge in [0.25, 0.3) is 0 Å². The van der Waals surface area contributed by atoms with Crippen molar-refractivity contribution in [2.24, 2.45) is 0 Å². The van der Waals surface area contributed by atoms with Gasteiger partial charge in [-0.25, -0.2) is 4.39 Å². The zero-order valence-electron chi connectivity index (χ0n) is 9.90. The minimum absolute atomic E-state index is 0.347. The number of aromatic nitrogens is 1. The number of hydrogen-bond acceptors (Lipinski definition) is 2. The summed E-state index contributed by atoms with van der Waals surface area (Å²) < 4.78 is 14.0. The molecular weight excluding hydrogens is 297 g/mol. The van der Waals surface area contributed by atoms with Gasteiger partial charge in [-0.3, -0.25) is 4.98 Å². The second-order valence-electron chi connectivity index (χ2n) is 4.47. The van der Waals surface area contributed by atoms with E-state index >= 15 is 0 Å². The molecule has 1 aromatic carbocycles. The zero-order valence-corrected chi connectivity index (χ0v) is 11.5. The van der Waals surface area contributed by atoms with Crippen molar-refractivity contribution in [1.29, 1.82) is 0 Å². The van der Waals surface area contributed by atoms with Crippen molar-refractivity contribution in [3.05, 3.63) is 64.1 Å². The fourth-order valence-corrected chi connectivity index (χ4v) is 2.29. The summed E-state index contributed by atoms with van der Waals surface area (Å²) in [5, 5.41) is 10.4. The van der Waals surface area contributed by atoms with Gasteiger partial charge in [0, 0.05) is 23.3 Å². The highest BCUT2D eigenvalue weighted by molar-refractivity contribution is 9.10. The van der Waals surface area contributed by atoms with Crippen LogP contribution in [-0.4, -0.2) is 10.1 Å². The summed E-state index contributed by atoms with van der Waals surface area (Å²) in [6.45, 7) is 1.67. The Kier molecular flexibility index (Phi) is 3.78. The molecule has 0 aliphatic rings. The molecule has 0 saturated carbocycles. The van der Waals surface area contributed by atoms with Crippen molar-refractivity contribution in [1.82, 2.24) is 4.98 Å². The van der Waals surface area contributed by atoms with Gasteiger partial charge in [0.15, 0.2) is 0 Å². The van der Waals surface area contributed by atoms with Crippen molar-refractivity contribution in [3.63, 3.8) is 0 Å². The number of nitrogens with zero attached hydrogens (tertiary/aromatic N) is 1. The fraction of sp³-hybridized carbons (Fsp3) is 0.214. The average molecular weight is 310 g/mol. The quantitative estimate of drug-likeness (QED) is 0.942. The van der Waals surface area contributed by atoms with E-state index < -0.39 is 5.60 Å². The summed E-state index contributed by atoms with van der Waals surface area (Å²) in [4.78, 5) is 4.05. The molecule has 2 aromatic rings. The molecule has 0 fully saturated rings. The summed E-state index contributed by atoms with van der Waals surface area (Å²) >= 11 is 3.33. The maximum absolute atomic E-state index is 13.2. The van der Waals surface area contributed by atoms with Gasteiger partial charge in [-0.1, -0.05) is 12.1 Å². The van der Waals surface area contributed by atoms with E-state index in [4.69, 9.17) is 0 Å². The molecule has 94 valence electrons. The lowest BCUT2D eigenvalue weighted by Crippen LogP contribution is -2.24. The number of aliphatic hydroxyl groups is 1. The minimum Gasteiger partial charge on any atom is -0.385 e. The van der Waals surface area contributed by atoms with Gasteiger partial charge in [-0.15, -0.1) is 0 Å². The van der Waals surface area contributed by atoms with E-state index in [1.54, 1.807) is 31.5 Å². The Balaban J connectivity index is 2.26. The first-order valence-corrected chi connectivity index (χ1v) is 6.34. The summed E-state index contributed by atoms with van der Waals surface area (Å²) in [5.41, 5.74) is 0.325. The molecule has 0 saturated heterocycles. The molecule has 0 aliphatic heterocycles. The van der Waals surface area contributed by atoms with Gasteiger partial charge in [0.1, 0.15) is 5.82 Å². The predicted octanol–water partition coefficient (Wildman–Crippen LogP) is 3.43. The average Bonchev–Trinajstić information content (AvgIpc) is 2.28. The first-order chi connectivity index (χ1) is 8.47. The van der Waals surface area contributed by atoms with E-state index in [1.165, 1.54) is 12.1 Å². The van der Waals surface area contributed by atoms with E-state index in [2.05, 4.69) is 20.9 Å². The normalized spacial score (nSPS) is 14.2. The topological polar surface area (TPSA) is 33.1 Å². The molecule has 2 nitrogen and oxygen atoms in total. The Hall–Kier alpha value is -1.26. The van der Waals surface area contributed by atoms with Crippen LogP contribution in [-0.2, 0) is 12.0 Å². The fourth-order valence-electron chi connectivity index (χ4n) is 1.88. The first-order valence-electron chi connectivity index (χ1n) is 5.55. The molecule has 1 N–H and O–H groups in total. The standard InChI is InChI=1S/C14H13BrFNO/c1-14(18,11-3-2-4-13(16)6-11)7-10-5-12(15)9-17-8-10/h2-6,8-9,18H,7H2,1H3. The molecule has 18 heavy (non-hydrogen) atoms. The summed E-state index contributed by atoms with van der Waals surface area (Å²) in [6.07, 6.45) is 3.75. The number of pyridine rings is 1. The summed E-state index contributed by atoms with van der Waals surface area (Å²) in [6, 6.07) is 7.92. The van der Waals surface area contributed by atoms with Gasteiger partial charge < -0.3 is 5.11 Å². The number of halogens is 2. The molecule has 1 unspecified atom stereocenters. The molecule has 0 amide bonds. The van der Waals surface area contributed by atoms with E-state index in [9.17, 15) is 9.50 Å². The van der Waals surface area contributed by atoms with Crippen LogP contribution in [0.2, 0.25) is 0 Å². The van der Waals surface area contributed by atoms with E-state index in [-0.39, 0.29) is 5.82 Å². The zero-order chi connectivity index (χ0) is 13.2. The molecule has 1 aromatic heterocycles. The molecule has 1 heterocycles. The highest BCUT2D eigenvalue weighted by Gasteiger charge is 2.24. The van der Waals surface area contributed by atoms with Gasteiger partial charge in [-0.05, 0) is 52.2 Å². The first kappa shape index (κ1) is 13.2. The minimum atomic E-state index is -1.12. The lowest BCUT2D eigenvalue weighted by atomic mass is 9.89. The van der Waals surface area contributed by atoms with Crippen LogP contribution in [0.4, 0.5) is 4.39 Å². The maximum Gasteiger partial charge on any atom is 0.123 e. The summed E-state index contributed by atoms with van der Waals surface area (Å²) in [5.74, 6) is -0.347. The molecule has 0 spiro atoms. The smallest absolute Gasteiger partial charge is 0.123 e. The molecule has 0 bridgehead atoms. The molecule has 0 aliphatic carbocycles. The summed E-state index contributed by atoms with van der Waals surface area (Å²) in [7, 11) is 0. The van der Waals surface area contributed by atoms with Crippen molar-refractivity contribution >= 4 is 15.9 Å². The lowest BCUT2D eigenvalue weighted by Gasteiger charge is -2.24. The Morgan fingerprint density at radius 2 is 2.11 bits per heavy atom. The lowest BCUT2D eigenvalue weighted by molar-refractivity contribution is 0.0572. The van der Waals surface area contributed by atoms with Crippen molar-refractivity contribution in [2.45, 2.75) is 18.9 Å². The Bertz CT molecular complexity index is 557. The maximum atomic E-state index is 13.2. The van der Waals surface area contributed by atoms with Crippen molar-refractivity contribution < 1.29 is 9.50 Å². The largest absolute Gasteiger partial charge is 0.385 e. The number of benzene rings is 1. The SMILES string of the molecule is CC(O)(Cc1cncc(Br)c1)c1cccc(F)c1. The third kappa shape index (κ3) is 3.15. The molecule has 2 rings (SSSR count). The third-order valence-electron chi connectivity index (χ3n) is 2.76. The van der Waals surface area contributed by atoms with Crippen molar-refractivity contribution in [3.8, 4) is 0 Å². The van der Waals surface area contributed by atoms with Gasteiger partial charge in [-0.2, -0.15) is 0 Å². The number of hydrogen-bond donors (Lipinski definition) is 1. The van der Waals surface area contributed by atoms with Gasteiger partial charge in [0.2, 0.25) is 0 Å². The predicted molar refractivity (Wildman–Crippen MR) is 71.6 cm³/mol. The van der Waals surface area contributed by atoms with Gasteiger partial charge >= 0.3 is 0 Å². The second kappa shape index (κ2) is 5.16. The van der Waals surface area contributed by atoms with Crippen LogP contribution in [0.15, 0.2) is 47.2 Å². The highest BCUT2D eigenvalue weighted by Crippen LogP contribution is 2.26. The molecule has 1 atom stereocenters. The Labute approximate surface area is 114 Å². The third-order valence-corrected chi connectivity index (χ3v) is 3.19. The van der Waals surface area contributed by atoms with Crippen molar-refractivity contribution in [2.75, 3.05) is 0 Å². The van der Waals surface area contributed by atoms with E-state index in [1.807, 2.05) is 6.07 Å².